The maximum absolute atomic E-state index is 13.5. The highest BCUT2D eigenvalue weighted by Crippen LogP contribution is 2.33. The Morgan fingerprint density at radius 1 is 0.889 bits per heavy atom. The molecule has 1 heterocycles. The van der Waals surface area contributed by atoms with E-state index in [0.717, 1.165) is 5.56 Å². The fourth-order valence-corrected chi connectivity index (χ4v) is 4.03. The van der Waals surface area contributed by atoms with Gasteiger partial charge in [-0.3, -0.25) is 14.5 Å². The van der Waals surface area contributed by atoms with E-state index < -0.39 is 5.97 Å². The zero-order valence-electron chi connectivity index (χ0n) is 20.2. The number of methoxy groups -OCH3 is 1. The normalized spacial score (nSPS) is 13.9. The number of hydrogen-bond donors (Lipinski definition) is 0. The van der Waals surface area contributed by atoms with E-state index in [1.807, 2.05) is 30.3 Å². The Balaban J connectivity index is 1.63. The van der Waals surface area contributed by atoms with Gasteiger partial charge < -0.3 is 14.2 Å². The molecule has 0 spiro atoms. The van der Waals surface area contributed by atoms with Crippen LogP contribution in [-0.2, 0) is 20.7 Å². The number of benzene rings is 3. The Labute approximate surface area is 209 Å². The van der Waals surface area contributed by atoms with Crippen LogP contribution in [0.1, 0.15) is 34.0 Å². The van der Waals surface area contributed by atoms with Gasteiger partial charge in [0, 0.05) is 17.7 Å². The number of amides is 2. The van der Waals surface area contributed by atoms with Crippen molar-refractivity contribution in [2.45, 2.75) is 13.3 Å². The number of fused-ring (bicyclic) bond motifs is 1. The van der Waals surface area contributed by atoms with Crippen LogP contribution in [0.5, 0.6) is 11.5 Å². The molecule has 2 amide bonds. The first-order valence-electron chi connectivity index (χ1n) is 11.7. The minimum atomic E-state index is -0.476. The van der Waals surface area contributed by atoms with Gasteiger partial charge in [0.15, 0.2) is 18.1 Å². The van der Waals surface area contributed by atoms with Crippen LogP contribution in [-0.4, -0.2) is 49.6 Å². The second-order valence-electron chi connectivity index (χ2n) is 8.11. The molecular weight excluding hydrogens is 458 g/mol. The highest BCUT2D eigenvalue weighted by Gasteiger charge is 2.34. The molecule has 3 aromatic carbocycles. The summed E-state index contributed by atoms with van der Waals surface area (Å²) in [5.74, 6) is -0.347. The summed E-state index contributed by atoms with van der Waals surface area (Å²) in [6, 6.07) is 22.0. The molecule has 0 radical (unpaired) electrons. The summed E-state index contributed by atoms with van der Waals surface area (Å²) in [6.45, 7) is 2.03. The number of esters is 1. The van der Waals surface area contributed by atoms with Crippen molar-refractivity contribution in [3.63, 3.8) is 0 Å². The summed E-state index contributed by atoms with van der Waals surface area (Å²) in [6.07, 6.45) is 2.30. The molecule has 0 N–H and O–H groups in total. The monoisotopic (exact) mass is 485 g/mol. The van der Waals surface area contributed by atoms with Crippen molar-refractivity contribution in [3.05, 3.63) is 95.1 Å². The molecule has 0 aliphatic carbocycles. The maximum Gasteiger partial charge on any atom is 0.344 e. The topological polar surface area (TPSA) is 82.1 Å². The van der Waals surface area contributed by atoms with Crippen LogP contribution in [0.3, 0.4) is 0 Å². The van der Waals surface area contributed by atoms with Crippen molar-refractivity contribution in [1.29, 1.82) is 0 Å². The predicted octanol–water partition coefficient (Wildman–Crippen LogP) is 4.40. The first-order chi connectivity index (χ1) is 17.5. The number of nitrogens with zero attached hydrogens (tertiary/aromatic N) is 1. The van der Waals surface area contributed by atoms with Gasteiger partial charge in [-0.1, -0.05) is 54.6 Å². The second kappa shape index (κ2) is 11.4. The molecule has 0 saturated heterocycles. The Bertz CT molecular complexity index is 1300. The van der Waals surface area contributed by atoms with Crippen LogP contribution in [0.4, 0.5) is 0 Å². The average Bonchev–Trinajstić information content (AvgIpc) is 2.91. The summed E-state index contributed by atoms with van der Waals surface area (Å²) < 4.78 is 15.9. The molecule has 0 unspecified atom stereocenters. The zero-order valence-corrected chi connectivity index (χ0v) is 20.2. The van der Waals surface area contributed by atoms with Crippen molar-refractivity contribution >= 4 is 29.4 Å². The molecule has 1 aliphatic rings. The molecule has 36 heavy (non-hydrogen) atoms. The Morgan fingerprint density at radius 2 is 1.61 bits per heavy atom. The van der Waals surface area contributed by atoms with E-state index in [1.165, 1.54) is 12.0 Å². The van der Waals surface area contributed by atoms with Gasteiger partial charge in [0.05, 0.1) is 13.7 Å². The fourth-order valence-electron chi connectivity index (χ4n) is 4.03. The standard InChI is InChI=1S/C29H27NO6/c1-3-35-27(31)19-36-25-14-13-21(18-26(25)34-2)17-24-22-11-7-8-12-23(22)28(32)30(29(24)33)16-15-20-9-5-4-6-10-20/h4-14,17-18H,3,15-16,19H2,1-2H3/b24-17-. The van der Waals surface area contributed by atoms with Crippen LogP contribution in [0.25, 0.3) is 11.6 Å². The van der Waals surface area contributed by atoms with E-state index in [0.29, 0.717) is 40.2 Å². The maximum atomic E-state index is 13.5. The molecule has 0 aromatic heterocycles. The van der Waals surface area contributed by atoms with Crippen molar-refractivity contribution in [1.82, 2.24) is 4.90 Å². The highest BCUT2D eigenvalue weighted by molar-refractivity contribution is 6.33. The van der Waals surface area contributed by atoms with E-state index in [2.05, 4.69) is 0 Å². The molecule has 3 aromatic rings. The SMILES string of the molecule is CCOC(=O)COc1ccc(/C=C2\C(=O)N(CCc3ccccc3)C(=O)c3ccccc32)cc1OC. The molecule has 184 valence electrons. The number of rotatable bonds is 9. The lowest BCUT2D eigenvalue weighted by atomic mass is 9.91. The number of carbonyl (C=O) groups is 3. The smallest absolute Gasteiger partial charge is 0.344 e. The number of hydrogen-bond acceptors (Lipinski definition) is 6. The third-order valence-electron chi connectivity index (χ3n) is 5.78. The summed E-state index contributed by atoms with van der Waals surface area (Å²) in [5, 5.41) is 0. The van der Waals surface area contributed by atoms with Gasteiger partial charge in [0.1, 0.15) is 0 Å². The minimum Gasteiger partial charge on any atom is -0.493 e. The number of imide groups is 1. The minimum absolute atomic E-state index is 0.241. The van der Waals surface area contributed by atoms with Gasteiger partial charge in [-0.15, -0.1) is 0 Å². The van der Waals surface area contributed by atoms with Gasteiger partial charge >= 0.3 is 5.97 Å². The summed E-state index contributed by atoms with van der Waals surface area (Å²) >= 11 is 0. The number of carbonyl (C=O) groups excluding carboxylic acids is 3. The third-order valence-corrected chi connectivity index (χ3v) is 5.78. The van der Waals surface area contributed by atoms with Crippen LogP contribution < -0.4 is 9.47 Å². The highest BCUT2D eigenvalue weighted by atomic mass is 16.6. The lowest BCUT2D eigenvalue weighted by molar-refractivity contribution is -0.145. The molecule has 0 saturated carbocycles. The summed E-state index contributed by atoms with van der Waals surface area (Å²) in [7, 11) is 1.49. The first kappa shape index (κ1) is 24.7. The van der Waals surface area contributed by atoms with E-state index in [1.54, 1.807) is 55.5 Å². The largest absolute Gasteiger partial charge is 0.493 e. The van der Waals surface area contributed by atoms with Crippen molar-refractivity contribution in [3.8, 4) is 11.5 Å². The predicted molar refractivity (Wildman–Crippen MR) is 136 cm³/mol. The summed E-state index contributed by atoms with van der Waals surface area (Å²) in [4.78, 5) is 39.6. The van der Waals surface area contributed by atoms with E-state index in [4.69, 9.17) is 14.2 Å². The second-order valence-corrected chi connectivity index (χ2v) is 8.11. The number of ether oxygens (including phenoxy) is 3. The Hall–Kier alpha value is -4.39. The quantitative estimate of drug-likeness (QED) is 0.254. The Kier molecular flexibility index (Phi) is 7.80. The lowest BCUT2D eigenvalue weighted by Crippen LogP contribution is -2.42. The molecular formula is C29H27NO6. The average molecular weight is 486 g/mol. The zero-order chi connectivity index (χ0) is 25.5. The van der Waals surface area contributed by atoms with Gasteiger partial charge in [-0.25, -0.2) is 4.79 Å². The van der Waals surface area contributed by atoms with Gasteiger partial charge in [0.25, 0.3) is 11.8 Å². The fraction of sp³-hybridized carbons (Fsp3) is 0.207. The molecule has 0 atom stereocenters. The van der Waals surface area contributed by atoms with E-state index in [-0.39, 0.29) is 31.6 Å². The lowest BCUT2D eigenvalue weighted by Gasteiger charge is -2.28. The van der Waals surface area contributed by atoms with Crippen molar-refractivity contribution in [2.75, 3.05) is 26.9 Å². The molecule has 0 bridgehead atoms. The van der Waals surface area contributed by atoms with Crippen LogP contribution in [0, 0.1) is 0 Å². The third kappa shape index (κ3) is 5.46. The van der Waals surface area contributed by atoms with E-state index >= 15 is 0 Å². The molecule has 7 heteroatoms. The molecule has 1 aliphatic heterocycles. The summed E-state index contributed by atoms with van der Waals surface area (Å²) in [5.41, 5.74) is 3.22. The van der Waals surface area contributed by atoms with Gasteiger partial charge in [-0.05, 0) is 54.3 Å². The van der Waals surface area contributed by atoms with Crippen LogP contribution >= 0.6 is 0 Å². The van der Waals surface area contributed by atoms with Crippen LogP contribution in [0.15, 0.2) is 72.8 Å². The van der Waals surface area contributed by atoms with Crippen molar-refractivity contribution in [2.24, 2.45) is 0 Å². The molecule has 7 nitrogen and oxygen atoms in total. The van der Waals surface area contributed by atoms with Crippen molar-refractivity contribution < 1.29 is 28.6 Å². The van der Waals surface area contributed by atoms with Crippen LogP contribution in [0.2, 0.25) is 0 Å². The Morgan fingerprint density at radius 3 is 2.33 bits per heavy atom. The van der Waals surface area contributed by atoms with E-state index in [9.17, 15) is 14.4 Å². The molecule has 4 rings (SSSR count). The molecule has 0 fully saturated rings. The van der Waals surface area contributed by atoms with Gasteiger partial charge in [-0.2, -0.15) is 0 Å². The first-order valence-corrected chi connectivity index (χ1v) is 11.7. The van der Waals surface area contributed by atoms with Gasteiger partial charge in [0.2, 0.25) is 0 Å².